The topological polar surface area (TPSA) is 75.4 Å². The number of nitrogens with two attached hydrogens (primary N) is 1. The highest BCUT2D eigenvalue weighted by Crippen LogP contribution is 2.26. The molecular weight excluding hydrogens is 266 g/mol. The van der Waals surface area contributed by atoms with Gasteiger partial charge in [0.05, 0.1) is 0 Å². The molecule has 1 rings (SSSR count). The molecule has 0 heterocycles. The van der Waals surface area contributed by atoms with Crippen LogP contribution < -0.4 is 11.1 Å². The van der Waals surface area contributed by atoms with E-state index in [1.54, 1.807) is 19.0 Å². The zero-order valence-corrected chi connectivity index (χ0v) is 12.7. The van der Waals surface area contributed by atoms with E-state index in [0.29, 0.717) is 25.3 Å². The van der Waals surface area contributed by atoms with Gasteiger partial charge in [-0.2, -0.15) is 0 Å². The van der Waals surface area contributed by atoms with Crippen molar-refractivity contribution in [2.24, 2.45) is 11.7 Å². The lowest BCUT2D eigenvalue weighted by molar-refractivity contribution is -0.131. The summed E-state index contributed by atoms with van der Waals surface area (Å²) >= 11 is 0. The number of nitrogens with zero attached hydrogens (tertiary/aromatic N) is 1. The average molecular weight is 292 g/mol. The van der Waals surface area contributed by atoms with E-state index >= 15 is 0 Å². The van der Waals surface area contributed by atoms with Gasteiger partial charge in [0, 0.05) is 39.5 Å². The predicted molar refractivity (Wildman–Crippen MR) is 78.1 cm³/mol. The third-order valence-electron chi connectivity index (χ3n) is 3.78. The number of carbonyl (C=O) groups is 2. The maximum atomic E-state index is 12.0. The summed E-state index contributed by atoms with van der Waals surface area (Å²) in [6, 6.07) is 0.162. The summed E-state index contributed by atoms with van der Waals surface area (Å²) in [6.07, 6.45) is 5.31. The zero-order valence-electron chi connectivity index (χ0n) is 11.9. The fourth-order valence-electron chi connectivity index (χ4n) is 2.39. The fraction of sp³-hybridized carbons (Fsp3) is 0.846. The first-order chi connectivity index (χ1) is 8.54. The third kappa shape index (κ3) is 6.25. The summed E-state index contributed by atoms with van der Waals surface area (Å²) in [4.78, 5) is 24.7. The predicted octanol–water partition coefficient (Wildman–Crippen LogP) is 0.910. The number of amides is 2. The second-order valence-corrected chi connectivity index (χ2v) is 5.15. The summed E-state index contributed by atoms with van der Waals surface area (Å²) in [7, 11) is 3.35. The van der Waals surface area contributed by atoms with Crippen LogP contribution in [0, 0.1) is 5.92 Å². The minimum Gasteiger partial charge on any atom is -0.359 e. The molecule has 6 heteroatoms. The smallest absolute Gasteiger partial charge is 0.222 e. The largest absolute Gasteiger partial charge is 0.359 e. The molecule has 0 aromatic carbocycles. The van der Waals surface area contributed by atoms with E-state index in [1.807, 2.05) is 0 Å². The van der Waals surface area contributed by atoms with Gasteiger partial charge >= 0.3 is 0 Å². The van der Waals surface area contributed by atoms with E-state index in [0.717, 1.165) is 12.8 Å². The van der Waals surface area contributed by atoms with Gasteiger partial charge in [0.25, 0.3) is 0 Å². The first-order valence-corrected chi connectivity index (χ1v) is 6.74. The van der Waals surface area contributed by atoms with Gasteiger partial charge in [0.2, 0.25) is 11.8 Å². The van der Waals surface area contributed by atoms with E-state index in [4.69, 9.17) is 5.73 Å². The van der Waals surface area contributed by atoms with Crippen LogP contribution in [0.15, 0.2) is 0 Å². The van der Waals surface area contributed by atoms with Gasteiger partial charge in [0.1, 0.15) is 0 Å². The van der Waals surface area contributed by atoms with Crippen molar-refractivity contribution in [3.05, 3.63) is 0 Å². The van der Waals surface area contributed by atoms with Crippen LogP contribution in [0.2, 0.25) is 0 Å². The molecule has 0 radical (unpaired) electrons. The molecule has 0 aliphatic heterocycles. The molecule has 2 atom stereocenters. The molecule has 2 unspecified atom stereocenters. The first kappa shape index (κ1) is 18.2. The molecule has 3 N–H and O–H groups in total. The molecular formula is C13H26ClN3O2. The molecule has 1 aliphatic rings. The second kappa shape index (κ2) is 9.15. The van der Waals surface area contributed by atoms with E-state index in [9.17, 15) is 9.59 Å². The quantitative estimate of drug-likeness (QED) is 0.790. The van der Waals surface area contributed by atoms with Crippen LogP contribution in [0.1, 0.15) is 38.5 Å². The van der Waals surface area contributed by atoms with Crippen molar-refractivity contribution in [3.8, 4) is 0 Å². The average Bonchev–Trinajstić information content (AvgIpc) is 2.38. The minimum atomic E-state index is -0.0379. The zero-order chi connectivity index (χ0) is 13.5. The summed E-state index contributed by atoms with van der Waals surface area (Å²) < 4.78 is 0. The monoisotopic (exact) mass is 291 g/mol. The van der Waals surface area contributed by atoms with Crippen LogP contribution in [0.25, 0.3) is 0 Å². The molecule has 0 aromatic rings. The SMILES string of the molecule is CNC(=O)CCN(C)C(=O)CC1CCCCC1N.Cl. The number of hydrogen-bond acceptors (Lipinski definition) is 3. The molecule has 1 fully saturated rings. The van der Waals surface area contributed by atoms with E-state index in [1.165, 1.54) is 12.8 Å². The Hall–Kier alpha value is -0.810. The van der Waals surface area contributed by atoms with E-state index in [2.05, 4.69) is 5.32 Å². The fourth-order valence-corrected chi connectivity index (χ4v) is 2.39. The molecule has 1 aliphatic carbocycles. The molecule has 2 amide bonds. The van der Waals surface area contributed by atoms with Crippen molar-refractivity contribution < 1.29 is 9.59 Å². The Kier molecular flexibility index (Phi) is 8.76. The lowest BCUT2D eigenvalue weighted by atomic mass is 9.83. The van der Waals surface area contributed by atoms with Crippen LogP contribution >= 0.6 is 12.4 Å². The van der Waals surface area contributed by atoms with E-state index < -0.39 is 0 Å². The van der Waals surface area contributed by atoms with E-state index in [-0.39, 0.29) is 30.3 Å². The first-order valence-electron chi connectivity index (χ1n) is 6.74. The standard InChI is InChI=1S/C13H25N3O2.ClH/c1-15-12(17)7-8-16(2)13(18)9-10-5-3-4-6-11(10)14;/h10-11H,3-9,14H2,1-2H3,(H,15,17);1H. The van der Waals surface area contributed by atoms with Gasteiger partial charge in [-0.25, -0.2) is 0 Å². The van der Waals surface area contributed by atoms with Crippen molar-refractivity contribution >= 4 is 24.2 Å². The highest BCUT2D eigenvalue weighted by molar-refractivity contribution is 5.85. The van der Waals surface area contributed by atoms with Crippen molar-refractivity contribution in [2.75, 3.05) is 20.6 Å². The van der Waals surface area contributed by atoms with Gasteiger partial charge in [-0.05, 0) is 18.8 Å². The van der Waals surface area contributed by atoms with Crippen LogP contribution in [0.3, 0.4) is 0 Å². The molecule has 1 saturated carbocycles. The Morgan fingerprint density at radius 2 is 1.95 bits per heavy atom. The number of rotatable bonds is 5. The van der Waals surface area contributed by atoms with Crippen molar-refractivity contribution in [1.29, 1.82) is 0 Å². The Labute approximate surface area is 121 Å². The summed E-state index contributed by atoms with van der Waals surface area (Å²) in [5, 5.41) is 2.55. The summed E-state index contributed by atoms with van der Waals surface area (Å²) in [5.41, 5.74) is 6.04. The Morgan fingerprint density at radius 3 is 2.53 bits per heavy atom. The molecule has 0 spiro atoms. The van der Waals surface area contributed by atoms with Crippen LogP contribution in [0.4, 0.5) is 0 Å². The van der Waals surface area contributed by atoms with Crippen molar-refractivity contribution in [3.63, 3.8) is 0 Å². The maximum Gasteiger partial charge on any atom is 0.222 e. The van der Waals surface area contributed by atoms with Gasteiger partial charge in [-0.1, -0.05) is 12.8 Å². The number of nitrogens with one attached hydrogen (secondary N) is 1. The van der Waals surface area contributed by atoms with Crippen LogP contribution in [-0.4, -0.2) is 43.4 Å². The van der Waals surface area contributed by atoms with Gasteiger partial charge in [-0.15, -0.1) is 12.4 Å². The highest BCUT2D eigenvalue weighted by atomic mass is 35.5. The number of carbonyl (C=O) groups excluding carboxylic acids is 2. The number of hydrogen-bond donors (Lipinski definition) is 2. The Morgan fingerprint density at radius 1 is 1.32 bits per heavy atom. The highest BCUT2D eigenvalue weighted by Gasteiger charge is 2.25. The maximum absolute atomic E-state index is 12.0. The van der Waals surface area contributed by atoms with Gasteiger partial charge in [-0.3, -0.25) is 9.59 Å². The second-order valence-electron chi connectivity index (χ2n) is 5.15. The molecule has 0 bridgehead atoms. The molecule has 0 aromatic heterocycles. The Balaban J connectivity index is 0.00000324. The summed E-state index contributed by atoms with van der Waals surface area (Å²) in [6.45, 7) is 0.473. The van der Waals surface area contributed by atoms with Gasteiger partial charge < -0.3 is 16.0 Å². The van der Waals surface area contributed by atoms with Crippen molar-refractivity contribution in [2.45, 2.75) is 44.6 Å². The molecule has 112 valence electrons. The lowest BCUT2D eigenvalue weighted by Crippen LogP contribution is -2.38. The summed E-state index contributed by atoms with van der Waals surface area (Å²) in [5.74, 6) is 0.374. The molecule has 5 nitrogen and oxygen atoms in total. The number of halogens is 1. The van der Waals surface area contributed by atoms with Crippen molar-refractivity contribution in [1.82, 2.24) is 10.2 Å². The minimum absolute atomic E-state index is 0. The molecule has 19 heavy (non-hydrogen) atoms. The van der Waals surface area contributed by atoms with Crippen LogP contribution in [0.5, 0.6) is 0 Å². The lowest BCUT2D eigenvalue weighted by Gasteiger charge is -2.29. The third-order valence-corrected chi connectivity index (χ3v) is 3.78. The Bertz CT molecular complexity index is 300. The van der Waals surface area contributed by atoms with Gasteiger partial charge in [0.15, 0.2) is 0 Å². The normalized spacial score (nSPS) is 22.3. The molecule has 0 saturated heterocycles. The van der Waals surface area contributed by atoms with Crippen LogP contribution in [-0.2, 0) is 9.59 Å².